The van der Waals surface area contributed by atoms with Crippen molar-refractivity contribution < 1.29 is 33.6 Å². The molecule has 0 fully saturated rings. The Labute approximate surface area is 113 Å². The van der Waals surface area contributed by atoms with Gasteiger partial charge >= 0.3 is 5.97 Å². The molecule has 0 amide bonds. The van der Waals surface area contributed by atoms with Crippen LogP contribution >= 0.6 is 0 Å². The van der Waals surface area contributed by atoms with Gasteiger partial charge in [-0.25, -0.2) is 4.79 Å². The van der Waals surface area contributed by atoms with Gasteiger partial charge in [0.1, 0.15) is 6.61 Å². The molecule has 0 heterocycles. The van der Waals surface area contributed by atoms with Crippen LogP contribution in [0.3, 0.4) is 0 Å². The van der Waals surface area contributed by atoms with E-state index in [0.29, 0.717) is 52.9 Å². The molecule has 0 aliphatic heterocycles. The Bertz CT molecular complexity index is 199. The summed E-state index contributed by atoms with van der Waals surface area (Å²) in [7, 11) is 0. The van der Waals surface area contributed by atoms with Gasteiger partial charge in [0.2, 0.25) is 0 Å². The lowest BCUT2D eigenvalue weighted by atomic mass is 10.7. The second kappa shape index (κ2) is 15.3. The summed E-state index contributed by atoms with van der Waals surface area (Å²) in [6.45, 7) is 6.16. The SMILES string of the molecule is CCOCCOCCOCCOCCOCC(=O)O. The lowest BCUT2D eigenvalue weighted by Gasteiger charge is -2.07. The minimum absolute atomic E-state index is 0.271. The number of ether oxygens (including phenoxy) is 5. The molecule has 0 radical (unpaired) electrons. The molecule has 0 atom stereocenters. The van der Waals surface area contributed by atoms with Crippen LogP contribution in [0, 0.1) is 0 Å². The van der Waals surface area contributed by atoms with Crippen LogP contribution in [0.15, 0.2) is 0 Å². The maximum atomic E-state index is 10.1. The summed E-state index contributed by atoms with van der Waals surface area (Å²) in [5, 5.41) is 8.30. The molecule has 0 rings (SSSR count). The Balaban J connectivity index is 2.93. The lowest BCUT2D eigenvalue weighted by Crippen LogP contribution is -2.14. The number of hydrogen-bond acceptors (Lipinski definition) is 6. The van der Waals surface area contributed by atoms with E-state index in [9.17, 15) is 4.79 Å². The van der Waals surface area contributed by atoms with Gasteiger partial charge in [-0.05, 0) is 6.92 Å². The molecule has 0 saturated carbocycles. The van der Waals surface area contributed by atoms with Gasteiger partial charge in [-0.2, -0.15) is 0 Å². The second-order valence-corrected chi connectivity index (χ2v) is 3.48. The third-order valence-corrected chi connectivity index (χ3v) is 1.92. The predicted octanol–water partition coefficient (Wildman–Crippen LogP) is 0.174. The van der Waals surface area contributed by atoms with E-state index >= 15 is 0 Å². The molecule has 0 aromatic heterocycles. The maximum Gasteiger partial charge on any atom is 0.329 e. The standard InChI is InChI=1S/C12H24O7/c1-2-15-3-4-16-5-6-17-7-8-18-9-10-19-11-12(13)14/h2-11H2,1H3,(H,13,14). The zero-order chi connectivity index (χ0) is 14.2. The average Bonchev–Trinajstić information content (AvgIpc) is 2.39. The molecule has 0 aliphatic carbocycles. The fourth-order valence-corrected chi connectivity index (χ4v) is 1.08. The number of rotatable bonds is 15. The minimum atomic E-state index is -0.979. The molecule has 19 heavy (non-hydrogen) atoms. The zero-order valence-electron chi connectivity index (χ0n) is 11.5. The van der Waals surface area contributed by atoms with Crippen LogP contribution in [0.4, 0.5) is 0 Å². The normalized spacial score (nSPS) is 10.8. The molecule has 0 saturated heterocycles. The van der Waals surface area contributed by atoms with E-state index in [4.69, 9.17) is 28.8 Å². The van der Waals surface area contributed by atoms with Gasteiger partial charge in [-0.15, -0.1) is 0 Å². The van der Waals surface area contributed by atoms with Gasteiger partial charge < -0.3 is 28.8 Å². The zero-order valence-corrected chi connectivity index (χ0v) is 11.5. The third kappa shape index (κ3) is 17.3. The summed E-state index contributed by atoms with van der Waals surface area (Å²) >= 11 is 0. The molecule has 0 aliphatic rings. The largest absolute Gasteiger partial charge is 0.480 e. The summed E-state index contributed by atoms with van der Waals surface area (Å²) in [5.74, 6) is -0.979. The Morgan fingerprint density at radius 1 is 0.737 bits per heavy atom. The fourth-order valence-electron chi connectivity index (χ4n) is 1.08. The molecule has 114 valence electrons. The first-order valence-corrected chi connectivity index (χ1v) is 6.38. The molecule has 1 N–H and O–H groups in total. The summed E-state index contributed by atoms with van der Waals surface area (Å²) in [5.41, 5.74) is 0. The summed E-state index contributed by atoms with van der Waals surface area (Å²) in [6, 6.07) is 0. The van der Waals surface area contributed by atoms with Gasteiger partial charge in [0.15, 0.2) is 0 Å². The van der Waals surface area contributed by atoms with Gasteiger partial charge in [0.25, 0.3) is 0 Å². The van der Waals surface area contributed by atoms with E-state index in [2.05, 4.69) is 0 Å². The van der Waals surface area contributed by atoms with E-state index in [-0.39, 0.29) is 13.2 Å². The van der Waals surface area contributed by atoms with Crippen molar-refractivity contribution in [3.05, 3.63) is 0 Å². The molecule has 0 unspecified atom stereocenters. The van der Waals surface area contributed by atoms with E-state index in [1.165, 1.54) is 0 Å². The predicted molar refractivity (Wildman–Crippen MR) is 67.4 cm³/mol. The van der Waals surface area contributed by atoms with Crippen molar-refractivity contribution in [2.45, 2.75) is 6.92 Å². The maximum absolute atomic E-state index is 10.1. The Hall–Kier alpha value is -0.730. The highest BCUT2D eigenvalue weighted by atomic mass is 16.6. The van der Waals surface area contributed by atoms with Crippen LogP contribution in [0.25, 0.3) is 0 Å². The molecule has 7 nitrogen and oxygen atoms in total. The lowest BCUT2D eigenvalue weighted by molar-refractivity contribution is -0.142. The topological polar surface area (TPSA) is 83.5 Å². The number of hydrogen-bond donors (Lipinski definition) is 1. The van der Waals surface area contributed by atoms with Gasteiger partial charge in [0.05, 0.1) is 52.9 Å². The van der Waals surface area contributed by atoms with Crippen LogP contribution < -0.4 is 0 Å². The Kier molecular flexibility index (Phi) is 14.7. The number of carboxylic acids is 1. The van der Waals surface area contributed by atoms with Crippen LogP contribution in [0.2, 0.25) is 0 Å². The van der Waals surface area contributed by atoms with Crippen LogP contribution in [0.1, 0.15) is 6.92 Å². The van der Waals surface area contributed by atoms with Crippen molar-refractivity contribution in [3.8, 4) is 0 Å². The van der Waals surface area contributed by atoms with Crippen LogP contribution in [0.5, 0.6) is 0 Å². The van der Waals surface area contributed by atoms with Crippen molar-refractivity contribution in [1.29, 1.82) is 0 Å². The van der Waals surface area contributed by atoms with Gasteiger partial charge in [-0.3, -0.25) is 0 Å². The second-order valence-electron chi connectivity index (χ2n) is 3.48. The number of aliphatic carboxylic acids is 1. The molecule has 0 bridgehead atoms. The van der Waals surface area contributed by atoms with Gasteiger partial charge in [0, 0.05) is 6.61 Å². The van der Waals surface area contributed by atoms with Crippen molar-refractivity contribution in [1.82, 2.24) is 0 Å². The number of carboxylic acid groups (broad SMARTS) is 1. The first kappa shape index (κ1) is 18.3. The van der Waals surface area contributed by atoms with Crippen LogP contribution in [-0.2, 0) is 28.5 Å². The van der Waals surface area contributed by atoms with Crippen molar-refractivity contribution >= 4 is 5.97 Å². The minimum Gasteiger partial charge on any atom is -0.480 e. The quantitative estimate of drug-likeness (QED) is 0.428. The number of carbonyl (C=O) groups is 1. The molecular formula is C12H24O7. The van der Waals surface area contributed by atoms with Crippen molar-refractivity contribution in [2.24, 2.45) is 0 Å². The van der Waals surface area contributed by atoms with E-state index in [0.717, 1.165) is 0 Å². The summed E-state index contributed by atoms with van der Waals surface area (Å²) in [6.07, 6.45) is 0. The molecule has 0 aromatic carbocycles. The van der Waals surface area contributed by atoms with Gasteiger partial charge in [-0.1, -0.05) is 0 Å². The molecule has 0 aromatic rings. The highest BCUT2D eigenvalue weighted by molar-refractivity contribution is 5.67. The third-order valence-electron chi connectivity index (χ3n) is 1.92. The first-order valence-electron chi connectivity index (χ1n) is 6.38. The summed E-state index contributed by atoms with van der Waals surface area (Å²) in [4.78, 5) is 10.1. The van der Waals surface area contributed by atoms with E-state index in [1.54, 1.807) is 0 Å². The van der Waals surface area contributed by atoms with E-state index < -0.39 is 5.97 Å². The molecular weight excluding hydrogens is 256 g/mol. The fraction of sp³-hybridized carbons (Fsp3) is 0.917. The van der Waals surface area contributed by atoms with Crippen LogP contribution in [-0.4, -0.2) is 77.1 Å². The summed E-state index contributed by atoms with van der Waals surface area (Å²) < 4.78 is 25.6. The first-order chi connectivity index (χ1) is 9.27. The van der Waals surface area contributed by atoms with E-state index in [1.807, 2.05) is 6.92 Å². The highest BCUT2D eigenvalue weighted by Crippen LogP contribution is 1.83. The van der Waals surface area contributed by atoms with Crippen molar-refractivity contribution in [3.63, 3.8) is 0 Å². The monoisotopic (exact) mass is 280 g/mol. The Morgan fingerprint density at radius 2 is 1.11 bits per heavy atom. The smallest absolute Gasteiger partial charge is 0.329 e. The highest BCUT2D eigenvalue weighted by Gasteiger charge is 1.96. The average molecular weight is 280 g/mol. The Morgan fingerprint density at radius 3 is 1.47 bits per heavy atom. The van der Waals surface area contributed by atoms with Crippen molar-refractivity contribution in [2.75, 3.05) is 66.1 Å². The molecule has 0 spiro atoms. The molecule has 7 heteroatoms.